The predicted molar refractivity (Wildman–Crippen MR) is 82.4 cm³/mol. The van der Waals surface area contributed by atoms with Crippen molar-refractivity contribution in [3.8, 4) is 6.07 Å². The number of hydrogen-bond acceptors (Lipinski definition) is 5. The quantitative estimate of drug-likeness (QED) is 0.844. The summed E-state index contributed by atoms with van der Waals surface area (Å²) in [5.41, 5.74) is 0.690. The van der Waals surface area contributed by atoms with Crippen LogP contribution in [0.15, 0.2) is 11.4 Å². The van der Waals surface area contributed by atoms with Gasteiger partial charge in [0.25, 0.3) is 0 Å². The molecule has 21 heavy (non-hydrogen) atoms. The standard InChI is InChI=1S/C14H19N3O2S2/c15-8-12-7-13(20-11-12)9-16-6-3-14(10-16)21(18,19)17-4-1-2-5-17/h7,11,14H,1-6,9-10H2/t14-/m0/s1. The molecule has 0 bridgehead atoms. The lowest BCUT2D eigenvalue weighted by Gasteiger charge is -2.21. The SMILES string of the molecule is N#Cc1csc(CN2CC[C@H](S(=O)(=O)N3CCCC3)C2)c1. The molecule has 2 fully saturated rings. The van der Waals surface area contributed by atoms with Crippen LogP contribution in [0, 0.1) is 11.3 Å². The normalized spacial score (nSPS) is 24.4. The summed E-state index contributed by atoms with van der Waals surface area (Å²) < 4.78 is 26.8. The predicted octanol–water partition coefficient (Wildman–Crippen LogP) is 1.62. The van der Waals surface area contributed by atoms with Crippen molar-refractivity contribution in [1.82, 2.24) is 9.21 Å². The smallest absolute Gasteiger partial charge is 0.218 e. The number of nitrogens with zero attached hydrogens (tertiary/aromatic N) is 3. The van der Waals surface area contributed by atoms with E-state index >= 15 is 0 Å². The van der Waals surface area contributed by atoms with Crippen molar-refractivity contribution < 1.29 is 8.42 Å². The highest BCUT2D eigenvalue weighted by Gasteiger charge is 2.38. The van der Waals surface area contributed by atoms with Gasteiger partial charge in [0.15, 0.2) is 0 Å². The molecule has 0 aromatic carbocycles. The lowest BCUT2D eigenvalue weighted by Crippen LogP contribution is -2.38. The first-order valence-corrected chi connectivity index (χ1v) is 9.67. The van der Waals surface area contributed by atoms with Crippen molar-refractivity contribution in [3.63, 3.8) is 0 Å². The molecule has 7 heteroatoms. The summed E-state index contributed by atoms with van der Waals surface area (Å²) in [5.74, 6) is 0. The Morgan fingerprint density at radius 1 is 1.33 bits per heavy atom. The number of thiophene rings is 1. The molecule has 0 saturated carbocycles. The molecule has 5 nitrogen and oxygen atoms in total. The van der Waals surface area contributed by atoms with Gasteiger partial charge in [-0.3, -0.25) is 4.90 Å². The molecular formula is C14H19N3O2S2. The Labute approximate surface area is 129 Å². The highest BCUT2D eigenvalue weighted by molar-refractivity contribution is 7.89. The van der Waals surface area contributed by atoms with Crippen molar-refractivity contribution in [2.75, 3.05) is 26.2 Å². The maximum absolute atomic E-state index is 12.5. The Morgan fingerprint density at radius 3 is 2.76 bits per heavy atom. The van der Waals surface area contributed by atoms with Crippen LogP contribution in [-0.4, -0.2) is 49.1 Å². The van der Waals surface area contributed by atoms with E-state index < -0.39 is 10.0 Å². The Hall–Kier alpha value is -0.940. The summed E-state index contributed by atoms with van der Waals surface area (Å²) in [6.07, 6.45) is 2.69. The van der Waals surface area contributed by atoms with Gasteiger partial charge in [-0.2, -0.15) is 5.26 Å². The molecule has 3 heterocycles. The van der Waals surface area contributed by atoms with Crippen LogP contribution in [0.3, 0.4) is 0 Å². The van der Waals surface area contributed by atoms with Crippen molar-refractivity contribution in [2.45, 2.75) is 31.1 Å². The minimum absolute atomic E-state index is 0.258. The molecule has 2 aliphatic rings. The third-order valence-corrected chi connectivity index (χ3v) is 7.47. The van der Waals surface area contributed by atoms with Crippen LogP contribution in [0.5, 0.6) is 0 Å². The van der Waals surface area contributed by atoms with E-state index in [4.69, 9.17) is 5.26 Å². The number of hydrogen-bond donors (Lipinski definition) is 0. The number of rotatable bonds is 4. The van der Waals surface area contributed by atoms with Crippen LogP contribution in [0.1, 0.15) is 29.7 Å². The van der Waals surface area contributed by atoms with Gasteiger partial charge in [0.05, 0.1) is 10.8 Å². The Bertz CT molecular complexity index is 641. The molecule has 0 N–H and O–H groups in total. The molecule has 1 aromatic heterocycles. The van der Waals surface area contributed by atoms with Crippen LogP contribution in [0.2, 0.25) is 0 Å². The second-order valence-corrected chi connectivity index (χ2v) is 8.92. The van der Waals surface area contributed by atoms with Gasteiger partial charge < -0.3 is 0 Å². The lowest BCUT2D eigenvalue weighted by atomic mass is 10.3. The van der Waals surface area contributed by atoms with Crippen molar-refractivity contribution >= 4 is 21.4 Å². The summed E-state index contributed by atoms with van der Waals surface area (Å²) in [5, 5.41) is 10.4. The molecular weight excluding hydrogens is 306 g/mol. The average molecular weight is 325 g/mol. The van der Waals surface area contributed by atoms with Gasteiger partial charge in [-0.05, 0) is 31.9 Å². The minimum atomic E-state index is -3.12. The van der Waals surface area contributed by atoms with Gasteiger partial charge >= 0.3 is 0 Å². The first kappa shape index (κ1) is 15.0. The van der Waals surface area contributed by atoms with E-state index in [1.165, 1.54) is 0 Å². The monoisotopic (exact) mass is 325 g/mol. The van der Waals surface area contributed by atoms with Crippen LogP contribution in [0.4, 0.5) is 0 Å². The van der Waals surface area contributed by atoms with E-state index in [0.29, 0.717) is 25.2 Å². The molecule has 0 unspecified atom stereocenters. The van der Waals surface area contributed by atoms with E-state index in [-0.39, 0.29) is 5.25 Å². The fourth-order valence-electron chi connectivity index (χ4n) is 3.08. The zero-order valence-electron chi connectivity index (χ0n) is 11.9. The van der Waals surface area contributed by atoms with Gasteiger partial charge in [-0.1, -0.05) is 0 Å². The lowest BCUT2D eigenvalue weighted by molar-refractivity contribution is 0.333. The second-order valence-electron chi connectivity index (χ2n) is 5.71. The molecule has 2 aliphatic heterocycles. The van der Waals surface area contributed by atoms with Crippen molar-refractivity contribution in [3.05, 3.63) is 21.9 Å². The summed E-state index contributed by atoms with van der Waals surface area (Å²) in [7, 11) is -3.12. The first-order chi connectivity index (χ1) is 10.1. The second kappa shape index (κ2) is 6.05. The largest absolute Gasteiger partial charge is 0.297 e. The highest BCUT2D eigenvalue weighted by Crippen LogP contribution is 2.25. The zero-order chi connectivity index (χ0) is 14.9. The van der Waals surface area contributed by atoms with E-state index in [1.807, 2.05) is 11.4 Å². The van der Waals surface area contributed by atoms with Gasteiger partial charge in [-0.15, -0.1) is 11.3 Å². The summed E-state index contributed by atoms with van der Waals surface area (Å²) in [6.45, 7) is 3.55. The van der Waals surface area contributed by atoms with Crippen molar-refractivity contribution in [2.24, 2.45) is 0 Å². The third-order valence-electron chi connectivity index (χ3n) is 4.24. The third kappa shape index (κ3) is 3.14. The molecule has 1 aromatic rings. The molecule has 0 amide bonds. The van der Waals surface area contributed by atoms with Crippen LogP contribution in [-0.2, 0) is 16.6 Å². The molecule has 1 atom stereocenters. The van der Waals surface area contributed by atoms with Gasteiger partial charge in [0.1, 0.15) is 6.07 Å². The van der Waals surface area contributed by atoms with Crippen LogP contribution < -0.4 is 0 Å². The Balaban J connectivity index is 1.61. The summed E-state index contributed by atoms with van der Waals surface area (Å²) >= 11 is 1.57. The summed E-state index contributed by atoms with van der Waals surface area (Å²) in [4.78, 5) is 3.32. The van der Waals surface area contributed by atoms with E-state index in [1.54, 1.807) is 15.6 Å². The number of likely N-dealkylation sites (tertiary alicyclic amines) is 1. The van der Waals surface area contributed by atoms with E-state index in [2.05, 4.69) is 11.0 Å². The summed E-state index contributed by atoms with van der Waals surface area (Å²) in [6, 6.07) is 4.03. The topological polar surface area (TPSA) is 64.4 Å². The van der Waals surface area contributed by atoms with Gasteiger partial charge in [-0.25, -0.2) is 12.7 Å². The zero-order valence-corrected chi connectivity index (χ0v) is 13.5. The molecule has 0 spiro atoms. The maximum atomic E-state index is 12.5. The number of sulfonamides is 1. The molecule has 114 valence electrons. The minimum Gasteiger partial charge on any atom is -0.297 e. The molecule has 0 aliphatic carbocycles. The fraction of sp³-hybridized carbons (Fsp3) is 0.643. The molecule has 2 saturated heterocycles. The van der Waals surface area contributed by atoms with Gasteiger partial charge in [0.2, 0.25) is 10.0 Å². The Kier molecular flexibility index (Phi) is 4.31. The van der Waals surface area contributed by atoms with Crippen LogP contribution in [0.25, 0.3) is 0 Å². The average Bonchev–Trinajstić information content (AvgIpc) is 3.21. The highest BCUT2D eigenvalue weighted by atomic mass is 32.2. The van der Waals surface area contributed by atoms with Crippen molar-refractivity contribution in [1.29, 1.82) is 5.26 Å². The first-order valence-electron chi connectivity index (χ1n) is 7.28. The number of nitriles is 1. The Morgan fingerprint density at radius 2 is 2.10 bits per heavy atom. The van der Waals surface area contributed by atoms with E-state index in [0.717, 1.165) is 37.2 Å². The van der Waals surface area contributed by atoms with Crippen LogP contribution >= 0.6 is 11.3 Å². The fourth-order valence-corrected chi connectivity index (χ4v) is 5.92. The molecule has 0 radical (unpaired) electrons. The van der Waals surface area contributed by atoms with Gasteiger partial charge in [0, 0.05) is 36.4 Å². The van der Waals surface area contributed by atoms with E-state index in [9.17, 15) is 8.42 Å². The molecule has 3 rings (SSSR count). The maximum Gasteiger partial charge on any atom is 0.218 e.